The lowest BCUT2D eigenvalue weighted by molar-refractivity contribution is 0.335. The molecular formula is C12H19N3O2S. The number of sulfonamides is 1. The molecule has 1 aromatic heterocycles. The van der Waals surface area contributed by atoms with Crippen molar-refractivity contribution in [2.75, 3.05) is 12.3 Å². The van der Waals surface area contributed by atoms with Gasteiger partial charge in [0.25, 0.3) is 0 Å². The molecule has 1 aliphatic rings. The van der Waals surface area contributed by atoms with E-state index in [1.807, 2.05) is 6.92 Å². The van der Waals surface area contributed by atoms with E-state index in [9.17, 15) is 8.42 Å². The van der Waals surface area contributed by atoms with Gasteiger partial charge in [-0.05, 0) is 18.9 Å². The molecule has 6 heteroatoms. The summed E-state index contributed by atoms with van der Waals surface area (Å²) in [6.45, 7) is 2.37. The Labute approximate surface area is 108 Å². The van der Waals surface area contributed by atoms with Crippen LogP contribution in [0.25, 0.3) is 0 Å². The van der Waals surface area contributed by atoms with Gasteiger partial charge in [0.05, 0.1) is 4.90 Å². The van der Waals surface area contributed by atoms with Crippen LogP contribution in [-0.2, 0) is 10.0 Å². The predicted octanol–water partition coefficient (Wildman–Crippen LogP) is 1.62. The lowest BCUT2D eigenvalue weighted by Crippen LogP contribution is -2.38. The lowest BCUT2D eigenvalue weighted by atomic mass is 10.2. The lowest BCUT2D eigenvalue weighted by Gasteiger charge is -2.26. The third-order valence-corrected chi connectivity index (χ3v) is 5.43. The van der Waals surface area contributed by atoms with E-state index in [0.717, 1.165) is 25.7 Å². The number of nitrogen functional groups attached to an aromatic ring is 1. The van der Waals surface area contributed by atoms with Crippen molar-refractivity contribution >= 4 is 15.8 Å². The molecule has 18 heavy (non-hydrogen) atoms. The van der Waals surface area contributed by atoms with Gasteiger partial charge >= 0.3 is 0 Å². The maximum Gasteiger partial charge on any atom is 0.243 e. The molecule has 0 bridgehead atoms. The summed E-state index contributed by atoms with van der Waals surface area (Å²) in [5, 5.41) is 0. The van der Waals surface area contributed by atoms with E-state index in [1.165, 1.54) is 18.3 Å². The summed E-state index contributed by atoms with van der Waals surface area (Å²) >= 11 is 0. The summed E-state index contributed by atoms with van der Waals surface area (Å²) in [5.74, 6) is 0.235. The van der Waals surface area contributed by atoms with E-state index < -0.39 is 10.0 Å². The Hall–Kier alpha value is -1.14. The van der Waals surface area contributed by atoms with Crippen LogP contribution in [0.5, 0.6) is 0 Å². The number of rotatable bonds is 4. The van der Waals surface area contributed by atoms with Gasteiger partial charge in [-0.1, -0.05) is 19.8 Å². The Morgan fingerprint density at radius 2 is 2.11 bits per heavy atom. The molecule has 0 aliphatic heterocycles. The number of aromatic nitrogens is 1. The van der Waals surface area contributed by atoms with Crippen LogP contribution >= 0.6 is 0 Å². The van der Waals surface area contributed by atoms with Crippen molar-refractivity contribution in [3.05, 3.63) is 18.3 Å². The van der Waals surface area contributed by atoms with Gasteiger partial charge in [0.15, 0.2) is 0 Å². The minimum Gasteiger partial charge on any atom is -0.384 e. The monoisotopic (exact) mass is 269 g/mol. The van der Waals surface area contributed by atoms with Crippen LogP contribution in [-0.4, -0.2) is 30.3 Å². The molecule has 0 saturated heterocycles. The summed E-state index contributed by atoms with van der Waals surface area (Å²) in [6.07, 6.45) is 5.55. The van der Waals surface area contributed by atoms with Gasteiger partial charge in [-0.15, -0.1) is 0 Å². The molecule has 0 aromatic carbocycles. The first-order valence-corrected chi connectivity index (χ1v) is 7.73. The molecular weight excluding hydrogens is 250 g/mol. The van der Waals surface area contributed by atoms with Crippen molar-refractivity contribution in [3.63, 3.8) is 0 Å². The van der Waals surface area contributed by atoms with Crippen molar-refractivity contribution in [1.82, 2.24) is 9.29 Å². The third kappa shape index (κ3) is 2.49. The van der Waals surface area contributed by atoms with E-state index in [1.54, 1.807) is 4.31 Å². The molecule has 1 saturated carbocycles. The minimum absolute atomic E-state index is 0.134. The first-order valence-electron chi connectivity index (χ1n) is 6.29. The number of hydrogen-bond donors (Lipinski definition) is 1. The zero-order chi connectivity index (χ0) is 13.2. The first-order chi connectivity index (χ1) is 8.55. The van der Waals surface area contributed by atoms with E-state index in [4.69, 9.17) is 5.73 Å². The highest BCUT2D eigenvalue weighted by atomic mass is 32.2. The summed E-state index contributed by atoms with van der Waals surface area (Å²) in [4.78, 5) is 4.07. The summed E-state index contributed by atoms with van der Waals surface area (Å²) in [6, 6.07) is 3.06. The molecule has 0 amide bonds. The second-order valence-electron chi connectivity index (χ2n) is 4.56. The van der Waals surface area contributed by atoms with Crippen LogP contribution in [0.15, 0.2) is 23.2 Å². The molecule has 1 fully saturated rings. The van der Waals surface area contributed by atoms with Crippen LogP contribution in [0.2, 0.25) is 0 Å². The van der Waals surface area contributed by atoms with Crippen molar-refractivity contribution in [2.24, 2.45) is 0 Å². The minimum atomic E-state index is -3.44. The Morgan fingerprint density at radius 3 is 2.67 bits per heavy atom. The Kier molecular flexibility index (Phi) is 3.87. The molecule has 0 radical (unpaired) electrons. The van der Waals surface area contributed by atoms with E-state index in [2.05, 4.69) is 4.98 Å². The van der Waals surface area contributed by atoms with Gasteiger partial charge in [0.2, 0.25) is 10.0 Å². The van der Waals surface area contributed by atoms with Crippen molar-refractivity contribution in [2.45, 2.75) is 43.5 Å². The average molecular weight is 269 g/mol. The van der Waals surface area contributed by atoms with Crippen molar-refractivity contribution in [1.29, 1.82) is 0 Å². The average Bonchev–Trinajstić information content (AvgIpc) is 2.83. The van der Waals surface area contributed by atoms with Crippen molar-refractivity contribution < 1.29 is 8.42 Å². The van der Waals surface area contributed by atoms with E-state index >= 15 is 0 Å². The molecule has 1 aromatic rings. The van der Waals surface area contributed by atoms with Crippen molar-refractivity contribution in [3.8, 4) is 0 Å². The number of nitrogens with two attached hydrogens (primary N) is 1. The Bertz CT molecular complexity index is 510. The fraction of sp³-hybridized carbons (Fsp3) is 0.583. The van der Waals surface area contributed by atoms with E-state index in [-0.39, 0.29) is 16.8 Å². The smallest absolute Gasteiger partial charge is 0.243 e. The maximum atomic E-state index is 12.5. The molecule has 1 aliphatic carbocycles. The van der Waals surface area contributed by atoms with Crippen LogP contribution in [0.4, 0.5) is 5.82 Å². The summed E-state index contributed by atoms with van der Waals surface area (Å²) in [5.41, 5.74) is 5.56. The van der Waals surface area contributed by atoms with Gasteiger partial charge in [-0.3, -0.25) is 0 Å². The highest BCUT2D eigenvalue weighted by Crippen LogP contribution is 2.28. The standard InChI is InChI=1S/C12H19N3O2S/c1-2-15(10-5-3-4-6-10)18(16,17)11-7-8-14-12(13)9-11/h7-10H,2-6H2,1H3,(H2,13,14). The van der Waals surface area contributed by atoms with Crippen LogP contribution < -0.4 is 5.73 Å². The largest absolute Gasteiger partial charge is 0.384 e. The molecule has 0 spiro atoms. The molecule has 100 valence electrons. The van der Waals surface area contributed by atoms with Gasteiger partial charge in [0.1, 0.15) is 5.82 Å². The fourth-order valence-corrected chi connectivity index (χ4v) is 4.26. The second kappa shape index (κ2) is 5.24. The quantitative estimate of drug-likeness (QED) is 0.901. The number of anilines is 1. The first kappa shape index (κ1) is 13.3. The number of hydrogen-bond acceptors (Lipinski definition) is 4. The molecule has 2 N–H and O–H groups in total. The highest BCUT2D eigenvalue weighted by Gasteiger charge is 2.32. The Morgan fingerprint density at radius 1 is 1.44 bits per heavy atom. The van der Waals surface area contributed by atoms with E-state index in [0.29, 0.717) is 6.54 Å². The van der Waals surface area contributed by atoms with Crippen LogP contribution in [0.3, 0.4) is 0 Å². The van der Waals surface area contributed by atoms with Crippen LogP contribution in [0, 0.1) is 0 Å². The zero-order valence-corrected chi connectivity index (χ0v) is 11.4. The normalized spacial score (nSPS) is 17.4. The van der Waals surface area contributed by atoms with Gasteiger partial charge in [-0.2, -0.15) is 4.31 Å². The predicted molar refractivity (Wildman–Crippen MR) is 70.5 cm³/mol. The SMILES string of the molecule is CCN(C1CCCC1)S(=O)(=O)c1ccnc(N)c1. The number of pyridine rings is 1. The van der Waals surface area contributed by atoms with Gasteiger partial charge in [0, 0.05) is 24.8 Å². The summed E-state index contributed by atoms with van der Waals surface area (Å²) < 4.78 is 26.7. The topological polar surface area (TPSA) is 76.3 Å². The maximum absolute atomic E-state index is 12.5. The highest BCUT2D eigenvalue weighted by molar-refractivity contribution is 7.89. The molecule has 2 rings (SSSR count). The van der Waals surface area contributed by atoms with Gasteiger partial charge < -0.3 is 5.73 Å². The second-order valence-corrected chi connectivity index (χ2v) is 6.45. The third-order valence-electron chi connectivity index (χ3n) is 3.40. The Balaban J connectivity index is 2.33. The molecule has 1 heterocycles. The summed E-state index contributed by atoms with van der Waals surface area (Å²) in [7, 11) is -3.44. The molecule has 0 unspecified atom stereocenters. The van der Waals surface area contributed by atoms with Gasteiger partial charge in [-0.25, -0.2) is 13.4 Å². The van der Waals surface area contributed by atoms with Crippen LogP contribution in [0.1, 0.15) is 32.6 Å². The zero-order valence-electron chi connectivity index (χ0n) is 10.5. The molecule has 0 atom stereocenters. The number of nitrogens with zero attached hydrogens (tertiary/aromatic N) is 2. The molecule has 5 nitrogen and oxygen atoms in total. The fourth-order valence-electron chi connectivity index (χ4n) is 2.54.